The number of amides is 1. The number of para-hydroxylation sites is 2. The Morgan fingerprint density at radius 2 is 2.15 bits per heavy atom. The van der Waals surface area contributed by atoms with Crippen molar-refractivity contribution in [2.75, 3.05) is 0 Å². The highest BCUT2D eigenvalue weighted by molar-refractivity contribution is 7.09. The second-order valence-electron chi connectivity index (χ2n) is 6.26. The van der Waals surface area contributed by atoms with Crippen molar-refractivity contribution >= 4 is 28.3 Å². The molecule has 3 atom stereocenters. The van der Waals surface area contributed by atoms with Crippen LogP contribution in [0.15, 0.2) is 46.2 Å². The number of carbonyl (C=O) groups is 1. The fraction of sp³-hybridized carbons (Fsp3) is 0.368. The van der Waals surface area contributed by atoms with Crippen LogP contribution in [-0.4, -0.2) is 28.1 Å². The summed E-state index contributed by atoms with van der Waals surface area (Å²) in [6.07, 6.45) is 0.835. The molecule has 2 heterocycles. The molecule has 0 saturated heterocycles. The standard InChI is InChI=1S/C19H23N3O3S/c1-2-6-15(21-18(24)13(20)11-12-7-5-10-26-12)17(23)19-22-14-8-3-4-9-16(14)25-19/h3-5,7-10,13,15,17,23H,2,6,11,20H2,1H3,(H,21,24)/t13-,15-,17?/m0/s1. The molecule has 7 heteroatoms. The molecule has 0 fully saturated rings. The van der Waals surface area contributed by atoms with Crippen molar-refractivity contribution in [2.24, 2.45) is 5.73 Å². The zero-order valence-corrected chi connectivity index (χ0v) is 15.4. The van der Waals surface area contributed by atoms with Gasteiger partial charge in [0, 0.05) is 11.3 Å². The summed E-state index contributed by atoms with van der Waals surface area (Å²) in [6, 6.07) is 10.0. The van der Waals surface area contributed by atoms with Gasteiger partial charge in [-0.3, -0.25) is 4.79 Å². The van der Waals surface area contributed by atoms with E-state index in [0.717, 1.165) is 11.3 Å². The molecule has 2 aromatic heterocycles. The van der Waals surface area contributed by atoms with Gasteiger partial charge >= 0.3 is 0 Å². The average molecular weight is 373 g/mol. The molecule has 3 aromatic rings. The highest BCUT2D eigenvalue weighted by Crippen LogP contribution is 2.24. The van der Waals surface area contributed by atoms with Crippen LogP contribution in [0.2, 0.25) is 0 Å². The van der Waals surface area contributed by atoms with E-state index in [1.807, 2.05) is 42.6 Å². The highest BCUT2D eigenvalue weighted by Gasteiger charge is 2.28. The Kier molecular flexibility index (Phi) is 6.03. The topological polar surface area (TPSA) is 101 Å². The SMILES string of the molecule is CCC[C@H](NC(=O)[C@@H](N)Cc1cccs1)C(O)c1nc2ccccc2o1. The van der Waals surface area contributed by atoms with E-state index in [0.29, 0.717) is 23.9 Å². The molecule has 0 saturated carbocycles. The van der Waals surface area contributed by atoms with Crippen molar-refractivity contribution in [1.82, 2.24) is 10.3 Å². The van der Waals surface area contributed by atoms with Crippen LogP contribution in [-0.2, 0) is 11.2 Å². The van der Waals surface area contributed by atoms with Gasteiger partial charge in [-0.15, -0.1) is 11.3 Å². The number of fused-ring (bicyclic) bond motifs is 1. The Morgan fingerprint density at radius 3 is 2.85 bits per heavy atom. The number of hydrogen-bond acceptors (Lipinski definition) is 6. The van der Waals surface area contributed by atoms with Crippen LogP contribution in [0.25, 0.3) is 11.1 Å². The van der Waals surface area contributed by atoms with Gasteiger partial charge in [-0.25, -0.2) is 4.98 Å². The summed E-state index contributed by atoms with van der Waals surface area (Å²) in [4.78, 5) is 17.9. The lowest BCUT2D eigenvalue weighted by atomic mass is 10.0. The minimum absolute atomic E-state index is 0.205. The number of oxazole rings is 1. The molecule has 0 aliphatic heterocycles. The van der Waals surface area contributed by atoms with Gasteiger partial charge in [0.25, 0.3) is 0 Å². The number of thiophene rings is 1. The molecular weight excluding hydrogens is 350 g/mol. The second kappa shape index (κ2) is 8.44. The van der Waals surface area contributed by atoms with Gasteiger partial charge in [-0.1, -0.05) is 31.5 Å². The molecule has 1 aromatic carbocycles. The normalized spacial score (nSPS) is 14.9. The molecule has 0 radical (unpaired) electrons. The molecule has 0 bridgehead atoms. The van der Waals surface area contributed by atoms with Crippen molar-refractivity contribution in [3.63, 3.8) is 0 Å². The van der Waals surface area contributed by atoms with Crippen LogP contribution in [0.1, 0.15) is 36.6 Å². The van der Waals surface area contributed by atoms with E-state index in [9.17, 15) is 9.90 Å². The summed E-state index contributed by atoms with van der Waals surface area (Å²) >= 11 is 1.57. The number of aliphatic hydroxyl groups excluding tert-OH is 1. The Morgan fingerprint density at radius 1 is 1.35 bits per heavy atom. The molecule has 0 spiro atoms. The van der Waals surface area contributed by atoms with E-state index >= 15 is 0 Å². The van der Waals surface area contributed by atoms with Crippen molar-refractivity contribution in [1.29, 1.82) is 0 Å². The van der Waals surface area contributed by atoms with Crippen molar-refractivity contribution in [3.05, 3.63) is 52.5 Å². The third-order valence-electron chi connectivity index (χ3n) is 4.21. The molecule has 1 unspecified atom stereocenters. The Labute approximate surface area is 156 Å². The number of hydrogen-bond donors (Lipinski definition) is 3. The zero-order chi connectivity index (χ0) is 18.5. The molecule has 3 rings (SSSR count). The first-order valence-electron chi connectivity index (χ1n) is 8.70. The van der Waals surface area contributed by atoms with Crippen LogP contribution in [0.3, 0.4) is 0 Å². The summed E-state index contributed by atoms with van der Waals surface area (Å²) in [6.45, 7) is 1.99. The van der Waals surface area contributed by atoms with E-state index in [1.54, 1.807) is 17.4 Å². The quantitative estimate of drug-likeness (QED) is 0.564. The Balaban J connectivity index is 1.69. The largest absolute Gasteiger partial charge is 0.438 e. The van der Waals surface area contributed by atoms with Gasteiger partial charge in [-0.05, 0) is 30.0 Å². The Hall–Kier alpha value is -2.22. The minimum Gasteiger partial charge on any atom is -0.438 e. The van der Waals surface area contributed by atoms with Gasteiger partial charge in [0.15, 0.2) is 11.7 Å². The lowest BCUT2D eigenvalue weighted by Crippen LogP contribution is -2.48. The van der Waals surface area contributed by atoms with Gasteiger partial charge < -0.3 is 20.6 Å². The van der Waals surface area contributed by atoms with Crippen molar-refractivity contribution < 1.29 is 14.3 Å². The van der Waals surface area contributed by atoms with Crippen LogP contribution >= 0.6 is 11.3 Å². The molecule has 6 nitrogen and oxygen atoms in total. The highest BCUT2D eigenvalue weighted by atomic mass is 32.1. The maximum atomic E-state index is 12.5. The first kappa shape index (κ1) is 18.6. The predicted molar refractivity (Wildman–Crippen MR) is 102 cm³/mol. The zero-order valence-electron chi connectivity index (χ0n) is 14.6. The second-order valence-corrected chi connectivity index (χ2v) is 7.29. The van der Waals surface area contributed by atoms with Gasteiger partial charge in [0.1, 0.15) is 5.52 Å². The third kappa shape index (κ3) is 4.30. The number of aliphatic hydroxyl groups is 1. The van der Waals surface area contributed by atoms with Crippen LogP contribution in [0.4, 0.5) is 0 Å². The summed E-state index contributed by atoms with van der Waals surface area (Å²) < 4.78 is 5.64. The van der Waals surface area contributed by atoms with Crippen molar-refractivity contribution in [3.8, 4) is 0 Å². The molecule has 26 heavy (non-hydrogen) atoms. The minimum atomic E-state index is -1.03. The summed E-state index contributed by atoms with van der Waals surface area (Å²) in [5.74, 6) is -0.0798. The van der Waals surface area contributed by atoms with E-state index in [-0.39, 0.29) is 11.8 Å². The molecule has 0 aliphatic carbocycles. The van der Waals surface area contributed by atoms with Crippen molar-refractivity contribution in [2.45, 2.75) is 44.4 Å². The number of carbonyl (C=O) groups excluding carboxylic acids is 1. The molecule has 138 valence electrons. The molecule has 0 aliphatic rings. The monoisotopic (exact) mass is 373 g/mol. The van der Waals surface area contributed by atoms with E-state index in [1.165, 1.54) is 0 Å². The lowest BCUT2D eigenvalue weighted by Gasteiger charge is -2.23. The maximum Gasteiger partial charge on any atom is 0.237 e. The number of nitrogens with zero attached hydrogens (tertiary/aromatic N) is 1. The van der Waals surface area contributed by atoms with Gasteiger partial charge in [0.2, 0.25) is 11.8 Å². The smallest absolute Gasteiger partial charge is 0.237 e. The van der Waals surface area contributed by atoms with Crippen LogP contribution < -0.4 is 11.1 Å². The summed E-state index contributed by atoms with van der Waals surface area (Å²) in [7, 11) is 0. The molecule has 4 N–H and O–H groups in total. The summed E-state index contributed by atoms with van der Waals surface area (Å²) in [5.41, 5.74) is 7.31. The summed E-state index contributed by atoms with van der Waals surface area (Å²) in [5, 5.41) is 15.5. The number of rotatable bonds is 8. The van der Waals surface area contributed by atoms with E-state index in [2.05, 4.69) is 10.3 Å². The lowest BCUT2D eigenvalue weighted by molar-refractivity contribution is -0.124. The first-order chi connectivity index (χ1) is 12.6. The molecule has 1 amide bonds. The molecular formula is C19H23N3O3S. The van der Waals surface area contributed by atoms with Crippen LogP contribution in [0, 0.1) is 0 Å². The number of benzene rings is 1. The Bertz CT molecular complexity index is 814. The van der Waals surface area contributed by atoms with Gasteiger partial charge in [-0.2, -0.15) is 0 Å². The van der Waals surface area contributed by atoms with E-state index in [4.69, 9.17) is 10.2 Å². The number of nitrogens with two attached hydrogens (primary N) is 1. The number of nitrogens with one attached hydrogen (secondary N) is 1. The van der Waals surface area contributed by atoms with E-state index < -0.39 is 18.2 Å². The fourth-order valence-electron chi connectivity index (χ4n) is 2.84. The first-order valence-corrected chi connectivity index (χ1v) is 9.58. The van der Waals surface area contributed by atoms with Crippen LogP contribution in [0.5, 0.6) is 0 Å². The predicted octanol–water partition coefficient (Wildman–Crippen LogP) is 2.78. The number of aromatic nitrogens is 1. The average Bonchev–Trinajstić information content (AvgIpc) is 3.29. The third-order valence-corrected chi connectivity index (χ3v) is 5.11. The maximum absolute atomic E-state index is 12.5. The fourth-order valence-corrected chi connectivity index (χ4v) is 3.60. The van der Waals surface area contributed by atoms with Gasteiger partial charge in [0.05, 0.1) is 12.1 Å².